The van der Waals surface area contributed by atoms with Gasteiger partial charge in [-0.25, -0.2) is 0 Å². The molecule has 0 aromatic heterocycles. The number of carbonyl (C=O) groups is 2. The summed E-state index contributed by atoms with van der Waals surface area (Å²) >= 11 is 0. The fourth-order valence-electron chi connectivity index (χ4n) is 12.2. The van der Waals surface area contributed by atoms with Crippen LogP contribution >= 0.6 is 0 Å². The van der Waals surface area contributed by atoms with Crippen LogP contribution in [0.5, 0.6) is 0 Å². The number of rotatable bonds is 4. The average Bonchev–Trinajstić information content (AvgIpc) is 3.02. The van der Waals surface area contributed by atoms with Gasteiger partial charge in [0, 0.05) is 5.92 Å². The van der Waals surface area contributed by atoms with E-state index in [4.69, 9.17) is 9.47 Å². The van der Waals surface area contributed by atoms with Gasteiger partial charge in [0.25, 0.3) is 0 Å². The highest BCUT2D eigenvalue weighted by Gasteiger charge is 2.72. The first-order chi connectivity index (χ1) is 21.8. The molecule has 0 spiro atoms. The lowest BCUT2D eigenvalue weighted by Gasteiger charge is -2.71. The molecule has 6 aliphatic rings. The van der Waals surface area contributed by atoms with Crippen molar-refractivity contribution in [1.82, 2.24) is 0 Å². The van der Waals surface area contributed by atoms with E-state index in [0.717, 1.165) is 18.3 Å². The van der Waals surface area contributed by atoms with Crippen LogP contribution < -0.4 is 0 Å². The minimum atomic E-state index is -1.73. The molecule has 266 valence electrons. The van der Waals surface area contributed by atoms with Gasteiger partial charge < -0.3 is 50.0 Å². The number of esters is 1. The van der Waals surface area contributed by atoms with Gasteiger partial charge in [-0.05, 0) is 92.3 Å². The third kappa shape index (κ3) is 4.52. The number of carbonyl (C=O) groups excluding carboxylic acids is 2. The van der Waals surface area contributed by atoms with E-state index in [2.05, 4.69) is 26.8 Å². The maximum atomic E-state index is 14.5. The smallest absolute Gasteiger partial charge is 0.315 e. The Morgan fingerprint density at radius 1 is 0.957 bits per heavy atom. The zero-order valence-electron chi connectivity index (χ0n) is 28.6. The van der Waals surface area contributed by atoms with Crippen LogP contribution in [0.1, 0.15) is 92.9 Å². The molecule has 4 saturated carbocycles. The van der Waals surface area contributed by atoms with Gasteiger partial charge in [-0.2, -0.15) is 0 Å². The number of aliphatic hydroxyl groups excluding tert-OH is 6. The Hall–Kier alpha value is -1.44. The molecule has 1 aliphatic heterocycles. The monoisotopic (exact) mass is 664 g/mol. The van der Waals surface area contributed by atoms with Gasteiger partial charge in [0.05, 0.1) is 35.2 Å². The second kappa shape index (κ2) is 11.3. The van der Waals surface area contributed by atoms with E-state index in [1.807, 2.05) is 6.92 Å². The molecule has 17 atom stereocenters. The SMILES string of the molecule is C[C@@H]1CC[C@]2(C(=O)O[C@@H]3O[C@H](CO)[C@@H](O)[C@H](O)[C@H]3O)CC[C@]3(C)C(=CC[C@@H]4[C@]5(C)C[C@@H](O)[C@H](O)[C@@](C)(C=O)[C@@H]5CC[C@]43C)[C@@H]2[C@]1(C)O. The number of aliphatic hydroxyl groups is 7. The van der Waals surface area contributed by atoms with Crippen molar-refractivity contribution in [3.05, 3.63) is 11.6 Å². The van der Waals surface area contributed by atoms with Crippen LogP contribution in [0.4, 0.5) is 0 Å². The van der Waals surface area contributed by atoms with Crippen LogP contribution in [0.2, 0.25) is 0 Å². The molecule has 0 bridgehead atoms. The predicted octanol–water partition coefficient (Wildman–Crippen LogP) is 1.61. The summed E-state index contributed by atoms with van der Waals surface area (Å²) in [7, 11) is 0. The van der Waals surface area contributed by atoms with Crippen LogP contribution in [0.25, 0.3) is 0 Å². The molecule has 0 radical (unpaired) electrons. The van der Waals surface area contributed by atoms with E-state index in [0.29, 0.717) is 44.9 Å². The lowest BCUT2D eigenvalue weighted by molar-refractivity contribution is -0.299. The normalized spacial score (nSPS) is 57.4. The first kappa shape index (κ1) is 35.4. The topological polar surface area (TPSA) is 194 Å². The minimum absolute atomic E-state index is 0.0726. The zero-order chi connectivity index (χ0) is 34.7. The molecule has 5 fully saturated rings. The zero-order valence-corrected chi connectivity index (χ0v) is 28.6. The molecule has 47 heavy (non-hydrogen) atoms. The lowest BCUT2D eigenvalue weighted by Crippen LogP contribution is -2.69. The first-order valence-electron chi connectivity index (χ1n) is 17.6. The summed E-state index contributed by atoms with van der Waals surface area (Å²) in [6, 6.07) is 0. The van der Waals surface area contributed by atoms with Gasteiger partial charge in [-0.3, -0.25) is 4.79 Å². The molecule has 1 heterocycles. The molecule has 7 N–H and O–H groups in total. The van der Waals surface area contributed by atoms with Crippen molar-refractivity contribution in [2.75, 3.05) is 6.61 Å². The van der Waals surface area contributed by atoms with Crippen molar-refractivity contribution in [3.8, 4) is 0 Å². The van der Waals surface area contributed by atoms with Gasteiger partial charge in [0.15, 0.2) is 0 Å². The van der Waals surface area contributed by atoms with E-state index in [1.165, 1.54) is 0 Å². The molecule has 5 aliphatic carbocycles. The molecule has 0 aromatic carbocycles. The number of allylic oxidation sites excluding steroid dienone is 1. The number of hydrogen-bond donors (Lipinski definition) is 7. The highest BCUT2D eigenvalue weighted by atomic mass is 16.7. The molecule has 11 heteroatoms. The molecule has 0 amide bonds. The van der Waals surface area contributed by atoms with E-state index in [-0.39, 0.29) is 23.2 Å². The third-order valence-electron chi connectivity index (χ3n) is 15.5. The molecular weight excluding hydrogens is 608 g/mol. The maximum absolute atomic E-state index is 14.5. The van der Waals surface area contributed by atoms with Crippen molar-refractivity contribution in [1.29, 1.82) is 0 Å². The Kier molecular flexibility index (Phi) is 8.50. The van der Waals surface area contributed by atoms with Gasteiger partial charge in [0.1, 0.15) is 30.7 Å². The second-order valence-corrected chi connectivity index (χ2v) is 17.4. The van der Waals surface area contributed by atoms with Crippen molar-refractivity contribution in [3.63, 3.8) is 0 Å². The van der Waals surface area contributed by atoms with Crippen LogP contribution in [0.3, 0.4) is 0 Å². The lowest BCUT2D eigenvalue weighted by atomic mass is 9.33. The fraction of sp³-hybridized carbons (Fsp3) is 0.889. The Morgan fingerprint density at radius 2 is 1.64 bits per heavy atom. The number of fused-ring (bicyclic) bond motifs is 7. The molecule has 0 unspecified atom stereocenters. The van der Waals surface area contributed by atoms with Crippen molar-refractivity contribution >= 4 is 12.3 Å². The average molecular weight is 665 g/mol. The molecule has 0 aromatic rings. The standard InChI is InChI=1S/C36H56O11/c1-18-9-12-36(30(44)47-29-26(42)25(41)24(40)21(16-37)46-29)14-13-33(4)19(27(36)35(18,6)45)7-8-23-31(2)15-20(39)28(43)32(3,17-38)22(31)10-11-34(23,33)5/h7,17-18,20-29,37,39-43,45H,8-16H2,1-6H3/t18-,20-,21-,22-,23-,24-,25+,26-,27-,28+,29+,31-,32+,33-,34-,35-,36+/m1/s1. The summed E-state index contributed by atoms with van der Waals surface area (Å²) < 4.78 is 11.4. The summed E-state index contributed by atoms with van der Waals surface area (Å²) in [6.07, 6.45) is -2.41. The maximum Gasteiger partial charge on any atom is 0.315 e. The highest BCUT2D eigenvalue weighted by Crippen LogP contribution is 2.76. The highest BCUT2D eigenvalue weighted by molar-refractivity contribution is 5.79. The van der Waals surface area contributed by atoms with Crippen molar-refractivity contribution in [2.45, 2.75) is 141 Å². The first-order valence-corrected chi connectivity index (χ1v) is 17.6. The molecule has 1 saturated heterocycles. The van der Waals surface area contributed by atoms with Gasteiger partial charge >= 0.3 is 5.97 Å². The molecule has 6 rings (SSSR count). The minimum Gasteiger partial charge on any atom is -0.432 e. The molecule has 11 nitrogen and oxygen atoms in total. The summed E-state index contributed by atoms with van der Waals surface area (Å²) in [5.41, 5.74) is -3.68. The summed E-state index contributed by atoms with van der Waals surface area (Å²) in [4.78, 5) is 27.0. The summed E-state index contributed by atoms with van der Waals surface area (Å²) in [5.74, 6) is -1.43. The van der Waals surface area contributed by atoms with Gasteiger partial charge in [-0.1, -0.05) is 46.3 Å². The van der Waals surface area contributed by atoms with Crippen LogP contribution in [0, 0.1) is 50.7 Å². The second-order valence-electron chi connectivity index (χ2n) is 17.4. The van der Waals surface area contributed by atoms with E-state index >= 15 is 0 Å². The number of ether oxygens (including phenoxy) is 2. The Balaban J connectivity index is 1.40. The summed E-state index contributed by atoms with van der Waals surface area (Å²) in [5, 5.41) is 75.5. The van der Waals surface area contributed by atoms with Gasteiger partial charge in [0.2, 0.25) is 6.29 Å². The Morgan fingerprint density at radius 3 is 2.28 bits per heavy atom. The predicted molar refractivity (Wildman–Crippen MR) is 168 cm³/mol. The van der Waals surface area contributed by atoms with Crippen molar-refractivity contribution in [2.24, 2.45) is 50.7 Å². The molecular formula is C36H56O11. The van der Waals surface area contributed by atoms with Crippen LogP contribution in [-0.2, 0) is 19.1 Å². The van der Waals surface area contributed by atoms with Crippen LogP contribution in [0.15, 0.2) is 11.6 Å². The van der Waals surface area contributed by atoms with Crippen molar-refractivity contribution < 1.29 is 54.8 Å². The largest absolute Gasteiger partial charge is 0.432 e. The van der Waals surface area contributed by atoms with Gasteiger partial charge in [-0.15, -0.1) is 0 Å². The summed E-state index contributed by atoms with van der Waals surface area (Å²) in [6.45, 7) is 11.6. The number of hydrogen-bond acceptors (Lipinski definition) is 11. The third-order valence-corrected chi connectivity index (χ3v) is 15.5. The number of aldehydes is 1. The quantitative estimate of drug-likeness (QED) is 0.131. The van der Waals surface area contributed by atoms with E-state index in [9.17, 15) is 45.3 Å². The van der Waals surface area contributed by atoms with E-state index < -0.39 is 88.7 Å². The van der Waals surface area contributed by atoms with Crippen LogP contribution in [-0.4, -0.2) is 103 Å². The Labute approximate surface area is 277 Å². The Bertz CT molecular complexity index is 1300. The van der Waals surface area contributed by atoms with E-state index in [1.54, 1.807) is 13.8 Å². The fourth-order valence-corrected chi connectivity index (χ4v) is 12.2.